The van der Waals surface area contributed by atoms with Crippen molar-refractivity contribution in [1.82, 2.24) is 19.9 Å². The molecule has 3 heterocycles. The minimum atomic E-state index is -4.50. The number of hydrogen-bond acceptors (Lipinski definition) is 4. The predicted octanol–water partition coefficient (Wildman–Crippen LogP) is 5.54. The fraction of sp³-hybridized carbons (Fsp3) is 0.308. The van der Waals surface area contributed by atoms with Crippen molar-refractivity contribution in [3.63, 3.8) is 0 Å². The van der Waals surface area contributed by atoms with E-state index >= 15 is 0 Å². The predicted molar refractivity (Wildman–Crippen MR) is 128 cm³/mol. The third kappa shape index (κ3) is 5.30. The van der Waals surface area contributed by atoms with E-state index in [0.29, 0.717) is 5.56 Å². The van der Waals surface area contributed by atoms with Crippen molar-refractivity contribution in [3.05, 3.63) is 78.0 Å². The van der Waals surface area contributed by atoms with Gasteiger partial charge < -0.3 is 9.88 Å². The minimum Gasteiger partial charge on any atom is -0.369 e. The molecule has 5 nitrogen and oxygen atoms in total. The molecule has 1 N–H and O–H groups in total. The minimum absolute atomic E-state index is 0.0640. The number of benzene rings is 2. The molecule has 0 bridgehead atoms. The van der Waals surface area contributed by atoms with Gasteiger partial charge in [0.1, 0.15) is 11.5 Å². The van der Waals surface area contributed by atoms with Crippen LogP contribution >= 0.6 is 0 Å². The van der Waals surface area contributed by atoms with E-state index in [0.717, 1.165) is 80.0 Å². The average molecular weight is 484 g/mol. The Balaban J connectivity index is 1.13. The molecule has 0 unspecified atom stereocenters. The Morgan fingerprint density at radius 2 is 1.71 bits per heavy atom. The molecule has 0 aliphatic carbocycles. The number of aromatic amines is 1. The van der Waals surface area contributed by atoms with Crippen LogP contribution in [0, 0.1) is 5.82 Å². The molecule has 4 aromatic rings. The first-order chi connectivity index (χ1) is 16.9. The Labute approximate surface area is 200 Å². The number of alkyl halides is 3. The second-order valence-electron chi connectivity index (χ2n) is 8.75. The van der Waals surface area contributed by atoms with E-state index in [4.69, 9.17) is 0 Å². The van der Waals surface area contributed by atoms with Gasteiger partial charge in [-0.05, 0) is 73.5 Å². The molecule has 9 heteroatoms. The van der Waals surface area contributed by atoms with Crippen molar-refractivity contribution < 1.29 is 17.6 Å². The topological polar surface area (TPSA) is 48.1 Å². The highest BCUT2D eigenvalue weighted by atomic mass is 19.4. The zero-order chi connectivity index (χ0) is 24.4. The van der Waals surface area contributed by atoms with Crippen LogP contribution < -0.4 is 4.90 Å². The Hall–Kier alpha value is -3.46. The lowest BCUT2D eigenvalue weighted by Crippen LogP contribution is -2.46. The van der Waals surface area contributed by atoms with Crippen LogP contribution in [0.5, 0.6) is 0 Å². The third-order valence-electron chi connectivity index (χ3n) is 6.46. The van der Waals surface area contributed by atoms with E-state index in [-0.39, 0.29) is 11.6 Å². The molecule has 1 fully saturated rings. The lowest BCUT2D eigenvalue weighted by Gasteiger charge is -2.36. The molecule has 0 radical (unpaired) electrons. The van der Waals surface area contributed by atoms with E-state index < -0.39 is 11.9 Å². The molecule has 5 rings (SSSR count). The Morgan fingerprint density at radius 1 is 0.943 bits per heavy atom. The number of rotatable bonds is 6. The van der Waals surface area contributed by atoms with E-state index in [1.807, 2.05) is 18.3 Å². The van der Waals surface area contributed by atoms with Gasteiger partial charge in [-0.2, -0.15) is 13.2 Å². The van der Waals surface area contributed by atoms with Gasteiger partial charge in [-0.25, -0.2) is 14.4 Å². The van der Waals surface area contributed by atoms with Crippen molar-refractivity contribution in [3.8, 4) is 11.4 Å². The number of aryl methyl sites for hydroxylation is 1. The summed E-state index contributed by atoms with van der Waals surface area (Å²) in [5, 5.41) is 0.953. The Kier molecular flexibility index (Phi) is 6.42. The number of fused-ring (bicyclic) bond motifs is 1. The highest BCUT2D eigenvalue weighted by molar-refractivity contribution is 5.83. The fourth-order valence-electron chi connectivity index (χ4n) is 4.56. The quantitative estimate of drug-likeness (QED) is 0.366. The largest absolute Gasteiger partial charge is 0.433 e. The fourth-order valence-corrected chi connectivity index (χ4v) is 4.56. The van der Waals surface area contributed by atoms with Gasteiger partial charge in [0.05, 0.1) is 0 Å². The van der Waals surface area contributed by atoms with Gasteiger partial charge in [0.25, 0.3) is 0 Å². The second kappa shape index (κ2) is 9.65. The summed E-state index contributed by atoms with van der Waals surface area (Å²) in [5.41, 5.74) is 2.74. The van der Waals surface area contributed by atoms with Gasteiger partial charge in [0.15, 0.2) is 5.82 Å². The average Bonchev–Trinajstić information content (AvgIpc) is 3.26. The standard InChI is InChI=1S/C26H25F4N5/c27-20-5-8-23-22(16-20)19(17-32-23)2-1-11-34-12-14-35(15-13-34)21-6-3-18(4-7-21)25-31-10-9-24(33-25)26(28,29)30/h3-10,16-17,32H,1-2,11-15H2. The van der Waals surface area contributed by atoms with E-state index in [1.165, 1.54) is 6.07 Å². The molecule has 0 amide bonds. The third-order valence-corrected chi connectivity index (χ3v) is 6.46. The number of anilines is 1. The van der Waals surface area contributed by atoms with Gasteiger partial charge >= 0.3 is 6.18 Å². The molecular formula is C26H25F4N5. The number of halogens is 4. The summed E-state index contributed by atoms with van der Waals surface area (Å²) in [6.07, 6.45) is 0.494. The summed E-state index contributed by atoms with van der Waals surface area (Å²) in [5.74, 6) is -0.154. The van der Waals surface area contributed by atoms with Gasteiger partial charge in [-0.1, -0.05) is 0 Å². The number of aromatic nitrogens is 3. The van der Waals surface area contributed by atoms with Crippen LogP contribution in [0.1, 0.15) is 17.7 Å². The van der Waals surface area contributed by atoms with Crippen molar-refractivity contribution in [2.75, 3.05) is 37.6 Å². The van der Waals surface area contributed by atoms with Crippen LogP contribution in [0.15, 0.2) is 60.9 Å². The van der Waals surface area contributed by atoms with Gasteiger partial charge in [-0.3, -0.25) is 4.90 Å². The number of H-pyrrole nitrogens is 1. The zero-order valence-electron chi connectivity index (χ0n) is 19.0. The van der Waals surface area contributed by atoms with E-state index in [1.54, 1.807) is 24.3 Å². The summed E-state index contributed by atoms with van der Waals surface area (Å²) in [6.45, 7) is 4.58. The number of hydrogen-bond donors (Lipinski definition) is 1. The molecule has 1 saturated heterocycles. The van der Waals surface area contributed by atoms with Crippen LogP contribution in [0.25, 0.3) is 22.3 Å². The first kappa shape index (κ1) is 23.3. The maximum Gasteiger partial charge on any atom is 0.433 e. The molecule has 1 aliphatic heterocycles. The van der Waals surface area contributed by atoms with Crippen molar-refractivity contribution in [2.24, 2.45) is 0 Å². The van der Waals surface area contributed by atoms with Crippen molar-refractivity contribution >= 4 is 16.6 Å². The summed E-state index contributed by atoms with van der Waals surface area (Å²) >= 11 is 0. The molecule has 2 aromatic heterocycles. The van der Waals surface area contributed by atoms with Crippen LogP contribution in [0.2, 0.25) is 0 Å². The molecule has 0 saturated carbocycles. The molecule has 2 aromatic carbocycles. The van der Waals surface area contributed by atoms with Crippen molar-refractivity contribution in [2.45, 2.75) is 19.0 Å². The van der Waals surface area contributed by atoms with Crippen LogP contribution in [-0.4, -0.2) is 52.6 Å². The van der Waals surface area contributed by atoms with Gasteiger partial charge in [0, 0.05) is 60.7 Å². The molecule has 0 atom stereocenters. The molecule has 182 valence electrons. The van der Waals surface area contributed by atoms with Crippen molar-refractivity contribution in [1.29, 1.82) is 0 Å². The maximum atomic E-state index is 13.6. The van der Waals surface area contributed by atoms with Gasteiger partial charge in [0.2, 0.25) is 0 Å². The summed E-state index contributed by atoms with van der Waals surface area (Å²) in [4.78, 5) is 15.6. The Bertz CT molecular complexity index is 1290. The summed E-state index contributed by atoms with van der Waals surface area (Å²) in [7, 11) is 0. The molecular weight excluding hydrogens is 458 g/mol. The smallest absolute Gasteiger partial charge is 0.369 e. The zero-order valence-corrected chi connectivity index (χ0v) is 19.0. The Morgan fingerprint density at radius 3 is 2.46 bits per heavy atom. The van der Waals surface area contributed by atoms with Gasteiger partial charge in [-0.15, -0.1) is 0 Å². The maximum absolute atomic E-state index is 13.6. The number of piperazine rings is 1. The van der Waals surface area contributed by atoms with Crippen LogP contribution in [0.4, 0.5) is 23.2 Å². The summed E-state index contributed by atoms with van der Waals surface area (Å²) < 4.78 is 52.4. The number of nitrogens with zero attached hydrogens (tertiary/aromatic N) is 4. The summed E-state index contributed by atoms with van der Waals surface area (Å²) in [6, 6.07) is 13.0. The molecule has 35 heavy (non-hydrogen) atoms. The first-order valence-electron chi connectivity index (χ1n) is 11.6. The molecule has 0 spiro atoms. The monoisotopic (exact) mass is 483 g/mol. The highest BCUT2D eigenvalue weighted by Gasteiger charge is 2.32. The van der Waals surface area contributed by atoms with E-state index in [2.05, 4.69) is 24.8 Å². The lowest BCUT2D eigenvalue weighted by molar-refractivity contribution is -0.141. The van der Waals surface area contributed by atoms with E-state index in [9.17, 15) is 17.6 Å². The number of nitrogens with one attached hydrogen (secondary N) is 1. The van der Waals surface area contributed by atoms with Crippen LogP contribution in [0.3, 0.4) is 0 Å². The SMILES string of the molecule is Fc1ccc2[nH]cc(CCCN3CCN(c4ccc(-c5nccc(C(F)(F)F)n5)cc4)CC3)c2c1. The molecule has 1 aliphatic rings. The first-order valence-corrected chi connectivity index (χ1v) is 11.6. The highest BCUT2D eigenvalue weighted by Crippen LogP contribution is 2.29. The second-order valence-corrected chi connectivity index (χ2v) is 8.75. The lowest BCUT2D eigenvalue weighted by atomic mass is 10.1. The normalized spacial score (nSPS) is 15.1. The van der Waals surface area contributed by atoms with Crippen LogP contribution in [-0.2, 0) is 12.6 Å².